The van der Waals surface area contributed by atoms with Gasteiger partial charge in [-0.1, -0.05) is 115 Å². The van der Waals surface area contributed by atoms with E-state index in [1.54, 1.807) is 0 Å². The second-order valence-electron chi connectivity index (χ2n) is 15.6. The summed E-state index contributed by atoms with van der Waals surface area (Å²) in [6, 6.07) is 63.6. The highest BCUT2D eigenvalue weighted by atomic mass is 15.0. The zero-order chi connectivity index (χ0) is 36.5. The number of aryl methyl sites for hydroxylation is 1. The third-order valence-electron chi connectivity index (χ3n) is 12.7. The van der Waals surface area contributed by atoms with Gasteiger partial charge in [0.2, 0.25) is 0 Å². The summed E-state index contributed by atoms with van der Waals surface area (Å²) in [6.45, 7) is 0. The van der Waals surface area contributed by atoms with Gasteiger partial charge in [0.1, 0.15) is 0 Å². The van der Waals surface area contributed by atoms with Crippen LogP contribution in [0, 0.1) is 0 Å². The van der Waals surface area contributed by atoms with Crippen molar-refractivity contribution in [2.24, 2.45) is 0 Å². The molecular weight excluding hydrogens is 677 g/mol. The first-order valence-corrected chi connectivity index (χ1v) is 19.7. The molecule has 2 aliphatic rings. The Kier molecular flexibility index (Phi) is 6.04. The van der Waals surface area contributed by atoms with Gasteiger partial charge in [-0.15, -0.1) is 0 Å². The standard InChI is InChI=1S/C54H34N2/c1-2-12-41-33(10-1)23-26-52-54(41)46-16-6-8-19-50(46)56(52)40-25-27-51-47(32-40)44-15-5-7-18-49(44)55(51)39-24-22-34-28-35(20-21-36(34)30-39)38-29-37-11-9-17-45-42-13-3-4-14-43(42)48(31-38)53(37)45/h1,3-11,13-32H,2,12H2. The Labute approximate surface area is 323 Å². The molecular formula is C54H34N2. The van der Waals surface area contributed by atoms with Crippen LogP contribution >= 0.6 is 0 Å². The predicted molar refractivity (Wildman–Crippen MR) is 237 cm³/mol. The first-order chi connectivity index (χ1) is 27.8. The van der Waals surface area contributed by atoms with E-state index >= 15 is 0 Å². The van der Waals surface area contributed by atoms with Crippen LogP contribution in [0.25, 0.3) is 116 Å². The molecule has 11 aromatic rings. The molecule has 9 aromatic carbocycles. The maximum Gasteiger partial charge on any atom is 0.0544 e. The second-order valence-corrected chi connectivity index (χ2v) is 15.6. The number of nitrogens with zero attached hydrogens (tertiary/aromatic N) is 2. The van der Waals surface area contributed by atoms with Gasteiger partial charge in [0, 0.05) is 32.9 Å². The van der Waals surface area contributed by atoms with Crippen LogP contribution in [0.2, 0.25) is 0 Å². The molecule has 0 unspecified atom stereocenters. The van der Waals surface area contributed by atoms with Gasteiger partial charge in [-0.05, 0) is 146 Å². The van der Waals surface area contributed by atoms with E-state index in [0.29, 0.717) is 0 Å². The van der Waals surface area contributed by atoms with E-state index in [4.69, 9.17) is 0 Å². The lowest BCUT2D eigenvalue weighted by atomic mass is 9.93. The number of aromatic nitrogens is 2. The molecule has 0 saturated heterocycles. The van der Waals surface area contributed by atoms with E-state index in [2.05, 4.69) is 191 Å². The fraction of sp³-hybridized carbons (Fsp3) is 0.0370. The molecule has 13 rings (SSSR count). The number of rotatable bonds is 3. The van der Waals surface area contributed by atoms with Crippen LogP contribution in [-0.2, 0) is 6.42 Å². The van der Waals surface area contributed by atoms with E-state index in [0.717, 1.165) is 12.8 Å². The Morgan fingerprint density at radius 3 is 1.95 bits per heavy atom. The van der Waals surface area contributed by atoms with Crippen molar-refractivity contribution in [3.8, 4) is 44.8 Å². The summed E-state index contributed by atoms with van der Waals surface area (Å²) in [7, 11) is 0. The Morgan fingerprint density at radius 1 is 0.375 bits per heavy atom. The van der Waals surface area contributed by atoms with Crippen LogP contribution in [0.4, 0.5) is 0 Å². The molecule has 0 bridgehead atoms. The van der Waals surface area contributed by atoms with Gasteiger partial charge in [-0.25, -0.2) is 0 Å². The Morgan fingerprint density at radius 2 is 1.04 bits per heavy atom. The molecule has 0 N–H and O–H groups in total. The first kappa shape index (κ1) is 30.2. The molecule has 0 radical (unpaired) electrons. The number of para-hydroxylation sites is 2. The van der Waals surface area contributed by atoms with Crippen LogP contribution in [0.15, 0.2) is 176 Å². The first-order valence-electron chi connectivity index (χ1n) is 19.7. The number of fused-ring (bicyclic) bond motifs is 12. The Bertz CT molecular complexity index is 3530. The average Bonchev–Trinajstić information content (AvgIpc) is 3.90. The second kappa shape index (κ2) is 11.2. The molecule has 0 spiro atoms. The van der Waals surface area contributed by atoms with Gasteiger partial charge in [-0.3, -0.25) is 0 Å². The molecule has 0 saturated carbocycles. The molecule has 2 aliphatic carbocycles. The summed E-state index contributed by atoms with van der Waals surface area (Å²) in [5, 5.41) is 10.4. The lowest BCUT2D eigenvalue weighted by Gasteiger charge is -2.14. The van der Waals surface area contributed by atoms with E-state index in [1.165, 1.54) is 121 Å². The third kappa shape index (κ3) is 4.11. The number of allylic oxidation sites excluding steroid dienone is 1. The summed E-state index contributed by atoms with van der Waals surface area (Å²) < 4.78 is 4.92. The summed E-state index contributed by atoms with van der Waals surface area (Å²) in [4.78, 5) is 0. The summed E-state index contributed by atoms with van der Waals surface area (Å²) in [5.74, 6) is 0. The molecule has 2 heteroatoms. The van der Waals surface area contributed by atoms with Gasteiger partial charge in [-0.2, -0.15) is 0 Å². The molecule has 2 heterocycles. The minimum atomic E-state index is 1.08. The summed E-state index contributed by atoms with van der Waals surface area (Å²) >= 11 is 0. The Hall–Kier alpha value is -7.16. The van der Waals surface area contributed by atoms with Crippen molar-refractivity contribution in [1.29, 1.82) is 0 Å². The summed E-state index contributed by atoms with van der Waals surface area (Å²) in [6.07, 6.45) is 6.77. The van der Waals surface area contributed by atoms with Crippen molar-refractivity contribution in [1.82, 2.24) is 9.13 Å². The van der Waals surface area contributed by atoms with E-state index in [-0.39, 0.29) is 0 Å². The van der Waals surface area contributed by atoms with Gasteiger partial charge < -0.3 is 9.13 Å². The highest BCUT2D eigenvalue weighted by molar-refractivity contribution is 6.17. The molecule has 260 valence electrons. The fourth-order valence-electron chi connectivity index (χ4n) is 10.2. The maximum atomic E-state index is 2.48. The minimum absolute atomic E-state index is 1.08. The number of hydrogen-bond donors (Lipinski definition) is 0. The van der Waals surface area contributed by atoms with Gasteiger partial charge >= 0.3 is 0 Å². The maximum absolute atomic E-state index is 2.48. The topological polar surface area (TPSA) is 9.86 Å². The van der Waals surface area contributed by atoms with Crippen LogP contribution in [0.3, 0.4) is 0 Å². The van der Waals surface area contributed by atoms with Gasteiger partial charge in [0.15, 0.2) is 0 Å². The van der Waals surface area contributed by atoms with Crippen molar-refractivity contribution in [3.63, 3.8) is 0 Å². The quantitative estimate of drug-likeness (QED) is 0.173. The number of hydrogen-bond acceptors (Lipinski definition) is 0. The number of benzene rings is 9. The van der Waals surface area contributed by atoms with Crippen molar-refractivity contribution >= 4 is 71.2 Å². The molecule has 0 aliphatic heterocycles. The summed E-state index contributed by atoms with van der Waals surface area (Å²) in [5.41, 5.74) is 18.0. The zero-order valence-corrected chi connectivity index (χ0v) is 30.6. The zero-order valence-electron chi connectivity index (χ0n) is 30.6. The molecule has 0 amide bonds. The van der Waals surface area contributed by atoms with E-state index < -0.39 is 0 Å². The molecule has 0 fully saturated rings. The normalized spacial score (nSPS) is 13.1. The fourth-order valence-corrected chi connectivity index (χ4v) is 10.2. The SMILES string of the molecule is C1=Cc2ccc3c(c2CC1)c1ccccc1n3-c1ccc2c(c1)c1ccccc1n2-c1ccc2cc(-c3cc4c5c(cccc5c3)-c3ccccc3-4)ccc2c1. The Balaban J connectivity index is 0.949. The van der Waals surface area contributed by atoms with Crippen LogP contribution in [0.1, 0.15) is 17.5 Å². The molecule has 2 aromatic heterocycles. The highest BCUT2D eigenvalue weighted by Crippen LogP contribution is 2.49. The molecule has 0 atom stereocenters. The van der Waals surface area contributed by atoms with Crippen LogP contribution in [-0.4, -0.2) is 9.13 Å². The van der Waals surface area contributed by atoms with Crippen LogP contribution < -0.4 is 0 Å². The smallest absolute Gasteiger partial charge is 0.0544 e. The minimum Gasteiger partial charge on any atom is -0.309 e. The lowest BCUT2D eigenvalue weighted by molar-refractivity contribution is 0.997. The van der Waals surface area contributed by atoms with Crippen molar-refractivity contribution in [3.05, 3.63) is 187 Å². The van der Waals surface area contributed by atoms with E-state index in [9.17, 15) is 0 Å². The van der Waals surface area contributed by atoms with Gasteiger partial charge in [0.05, 0.1) is 22.1 Å². The lowest BCUT2D eigenvalue weighted by Crippen LogP contribution is -1.97. The van der Waals surface area contributed by atoms with Crippen molar-refractivity contribution in [2.45, 2.75) is 12.8 Å². The largest absolute Gasteiger partial charge is 0.309 e. The van der Waals surface area contributed by atoms with Crippen molar-refractivity contribution < 1.29 is 0 Å². The average molecular weight is 711 g/mol. The highest BCUT2D eigenvalue weighted by Gasteiger charge is 2.23. The van der Waals surface area contributed by atoms with E-state index in [1.807, 2.05) is 0 Å². The van der Waals surface area contributed by atoms with Gasteiger partial charge in [0.25, 0.3) is 0 Å². The monoisotopic (exact) mass is 710 g/mol. The third-order valence-corrected chi connectivity index (χ3v) is 12.7. The molecule has 2 nitrogen and oxygen atoms in total. The predicted octanol–water partition coefficient (Wildman–Crippen LogP) is 14.5. The van der Waals surface area contributed by atoms with Crippen LogP contribution in [0.5, 0.6) is 0 Å². The molecule has 56 heavy (non-hydrogen) atoms. The van der Waals surface area contributed by atoms with Crippen molar-refractivity contribution in [2.75, 3.05) is 0 Å².